The lowest BCUT2D eigenvalue weighted by atomic mass is 10.1. The normalized spacial score (nSPS) is 15.4. The van der Waals surface area contributed by atoms with E-state index >= 15 is 0 Å². The number of piperazine rings is 1. The first-order valence-corrected chi connectivity index (χ1v) is 11.4. The number of nitrogens with zero attached hydrogens (tertiary/aromatic N) is 3. The first-order chi connectivity index (χ1) is 14.4. The molecule has 4 rings (SSSR count). The molecule has 0 spiro atoms. The molecule has 0 atom stereocenters. The Morgan fingerprint density at radius 2 is 1.57 bits per heavy atom. The highest BCUT2D eigenvalue weighted by Crippen LogP contribution is 2.20. The molecule has 1 amide bonds. The van der Waals surface area contributed by atoms with Gasteiger partial charge in [0.25, 0.3) is 11.5 Å². The zero-order chi connectivity index (χ0) is 21.3. The van der Waals surface area contributed by atoms with Crippen molar-refractivity contribution in [2.45, 2.75) is 5.75 Å². The van der Waals surface area contributed by atoms with Gasteiger partial charge in [-0.3, -0.25) is 9.59 Å². The molecule has 0 N–H and O–H groups in total. The van der Waals surface area contributed by atoms with Crippen LogP contribution in [0.5, 0.6) is 0 Å². The van der Waals surface area contributed by atoms with Crippen LogP contribution in [0, 0.1) is 0 Å². The summed E-state index contributed by atoms with van der Waals surface area (Å²) >= 11 is 0. The van der Waals surface area contributed by atoms with Gasteiger partial charge in [-0.05, 0) is 11.6 Å². The third kappa shape index (κ3) is 3.88. The zero-order valence-corrected chi connectivity index (χ0v) is 17.5. The van der Waals surface area contributed by atoms with E-state index in [4.69, 9.17) is 0 Å². The van der Waals surface area contributed by atoms with Gasteiger partial charge in [-0.2, -0.15) is 4.31 Å². The number of hydrogen-bond donors (Lipinski definition) is 0. The van der Waals surface area contributed by atoms with Crippen molar-refractivity contribution in [1.82, 2.24) is 13.8 Å². The smallest absolute Gasteiger partial charge is 0.254 e. The third-order valence-corrected chi connectivity index (χ3v) is 7.35. The molecule has 7 nitrogen and oxygen atoms in total. The van der Waals surface area contributed by atoms with E-state index in [1.807, 2.05) is 42.5 Å². The second kappa shape index (κ2) is 8.04. The van der Waals surface area contributed by atoms with Gasteiger partial charge >= 0.3 is 0 Å². The largest absolute Gasteiger partial charge is 0.336 e. The molecule has 0 unspecified atom stereocenters. The summed E-state index contributed by atoms with van der Waals surface area (Å²) in [5, 5.41) is 0.712. The van der Waals surface area contributed by atoms with Gasteiger partial charge in [0.05, 0.1) is 16.8 Å². The van der Waals surface area contributed by atoms with Gasteiger partial charge in [0.15, 0.2) is 0 Å². The monoisotopic (exact) mass is 425 g/mol. The average molecular weight is 426 g/mol. The number of carbonyl (C=O) groups excluding carboxylic acids is 1. The Balaban J connectivity index is 1.51. The van der Waals surface area contributed by atoms with E-state index in [1.54, 1.807) is 24.1 Å². The molecule has 0 radical (unpaired) electrons. The summed E-state index contributed by atoms with van der Waals surface area (Å²) < 4.78 is 28.4. The van der Waals surface area contributed by atoms with Gasteiger partial charge in [0.2, 0.25) is 10.0 Å². The van der Waals surface area contributed by atoms with Gasteiger partial charge < -0.3 is 9.47 Å². The highest BCUT2D eigenvalue weighted by Gasteiger charge is 2.30. The summed E-state index contributed by atoms with van der Waals surface area (Å²) in [5.41, 5.74) is 1.54. The Kier molecular flexibility index (Phi) is 5.44. The van der Waals surface area contributed by atoms with Crippen molar-refractivity contribution >= 4 is 26.8 Å². The predicted octanol–water partition coefficient (Wildman–Crippen LogP) is 1.83. The third-order valence-electron chi connectivity index (χ3n) is 5.50. The predicted molar refractivity (Wildman–Crippen MR) is 116 cm³/mol. The number of carbonyl (C=O) groups is 1. The van der Waals surface area contributed by atoms with E-state index in [9.17, 15) is 18.0 Å². The maximum absolute atomic E-state index is 13.1. The average Bonchev–Trinajstić information content (AvgIpc) is 2.76. The topological polar surface area (TPSA) is 79.7 Å². The Hall–Kier alpha value is -2.97. The molecule has 0 aliphatic carbocycles. The van der Waals surface area contributed by atoms with Crippen LogP contribution in [0.1, 0.15) is 15.9 Å². The fourth-order valence-corrected chi connectivity index (χ4v) is 5.32. The summed E-state index contributed by atoms with van der Waals surface area (Å²) in [6, 6.07) is 17.7. The zero-order valence-electron chi connectivity index (χ0n) is 16.7. The van der Waals surface area contributed by atoms with E-state index in [0.29, 0.717) is 16.5 Å². The molecule has 1 aliphatic rings. The second-order valence-corrected chi connectivity index (χ2v) is 9.37. The lowest BCUT2D eigenvalue weighted by Gasteiger charge is -2.34. The first kappa shape index (κ1) is 20.3. The molecule has 1 aliphatic heterocycles. The SMILES string of the molecule is Cn1c(=O)cc(C(=O)N2CCN(S(=O)(=O)Cc3ccccc3)CC2)c2ccccc21. The number of fused-ring (bicyclic) bond motifs is 1. The van der Waals surface area contributed by atoms with Crippen molar-refractivity contribution in [3.8, 4) is 0 Å². The molecule has 1 saturated heterocycles. The Morgan fingerprint density at radius 1 is 0.933 bits per heavy atom. The fraction of sp³-hybridized carbons (Fsp3) is 0.273. The van der Waals surface area contributed by atoms with Crippen molar-refractivity contribution in [2.24, 2.45) is 7.05 Å². The van der Waals surface area contributed by atoms with Crippen LogP contribution in [0.4, 0.5) is 0 Å². The Bertz CT molecular complexity index is 1240. The molecular formula is C22H23N3O4S. The van der Waals surface area contributed by atoms with E-state index in [2.05, 4.69) is 0 Å². The van der Waals surface area contributed by atoms with Crippen LogP contribution in [0.3, 0.4) is 0 Å². The molecule has 30 heavy (non-hydrogen) atoms. The maximum atomic E-state index is 13.1. The number of para-hydroxylation sites is 1. The summed E-state index contributed by atoms with van der Waals surface area (Å²) in [6.45, 7) is 1.06. The second-order valence-electron chi connectivity index (χ2n) is 7.41. The summed E-state index contributed by atoms with van der Waals surface area (Å²) in [6.07, 6.45) is 0. The summed E-state index contributed by atoms with van der Waals surface area (Å²) in [5.74, 6) is -0.301. The van der Waals surface area contributed by atoms with E-state index in [-0.39, 0.29) is 43.4 Å². The van der Waals surface area contributed by atoms with Gasteiger partial charge in [-0.1, -0.05) is 48.5 Å². The number of aryl methyl sites for hydroxylation is 1. The molecule has 2 heterocycles. The molecular weight excluding hydrogens is 402 g/mol. The van der Waals surface area contributed by atoms with Crippen LogP contribution in [0.2, 0.25) is 0 Å². The standard InChI is InChI=1S/C22H23N3O4S/c1-23-20-10-6-5-9-18(20)19(15-21(23)26)22(27)24-11-13-25(14-12-24)30(28,29)16-17-7-3-2-4-8-17/h2-10,15H,11-14,16H2,1H3. The Labute approximate surface area is 175 Å². The van der Waals surface area contributed by atoms with Gasteiger partial charge in [0, 0.05) is 44.7 Å². The van der Waals surface area contributed by atoms with Crippen molar-refractivity contribution in [2.75, 3.05) is 26.2 Å². The highest BCUT2D eigenvalue weighted by atomic mass is 32.2. The molecule has 0 bridgehead atoms. The number of hydrogen-bond acceptors (Lipinski definition) is 4. The minimum atomic E-state index is -3.46. The van der Waals surface area contributed by atoms with Crippen molar-refractivity contribution in [3.05, 3.63) is 82.1 Å². The lowest BCUT2D eigenvalue weighted by Crippen LogP contribution is -2.50. The number of sulfonamides is 1. The molecule has 1 aromatic heterocycles. The molecule has 156 valence electrons. The quantitative estimate of drug-likeness (QED) is 0.639. The van der Waals surface area contributed by atoms with Crippen molar-refractivity contribution in [3.63, 3.8) is 0 Å². The van der Waals surface area contributed by atoms with Crippen LogP contribution in [-0.4, -0.2) is 54.3 Å². The van der Waals surface area contributed by atoms with Crippen LogP contribution in [0.25, 0.3) is 10.9 Å². The molecule has 1 fully saturated rings. The fourth-order valence-electron chi connectivity index (χ4n) is 3.80. The number of amides is 1. The summed E-state index contributed by atoms with van der Waals surface area (Å²) in [7, 11) is -1.78. The molecule has 8 heteroatoms. The number of rotatable bonds is 4. The molecule has 3 aromatic rings. The number of benzene rings is 2. The number of aromatic nitrogens is 1. The van der Waals surface area contributed by atoms with E-state index < -0.39 is 10.0 Å². The minimum Gasteiger partial charge on any atom is -0.336 e. The first-order valence-electron chi connectivity index (χ1n) is 9.76. The van der Waals surface area contributed by atoms with Crippen molar-refractivity contribution < 1.29 is 13.2 Å². The maximum Gasteiger partial charge on any atom is 0.254 e. The van der Waals surface area contributed by atoms with Gasteiger partial charge in [-0.15, -0.1) is 0 Å². The van der Waals surface area contributed by atoms with Crippen LogP contribution >= 0.6 is 0 Å². The van der Waals surface area contributed by atoms with Crippen LogP contribution < -0.4 is 5.56 Å². The van der Waals surface area contributed by atoms with Gasteiger partial charge in [-0.25, -0.2) is 8.42 Å². The van der Waals surface area contributed by atoms with Crippen LogP contribution in [-0.2, 0) is 22.8 Å². The lowest BCUT2D eigenvalue weighted by molar-refractivity contribution is 0.0699. The summed E-state index contributed by atoms with van der Waals surface area (Å²) in [4.78, 5) is 27.1. The van der Waals surface area contributed by atoms with Gasteiger partial charge in [0.1, 0.15) is 0 Å². The Morgan fingerprint density at radius 3 is 2.27 bits per heavy atom. The van der Waals surface area contributed by atoms with Crippen LogP contribution in [0.15, 0.2) is 65.5 Å². The molecule has 2 aromatic carbocycles. The van der Waals surface area contributed by atoms with E-state index in [0.717, 1.165) is 5.56 Å². The van der Waals surface area contributed by atoms with Crippen molar-refractivity contribution in [1.29, 1.82) is 0 Å². The minimum absolute atomic E-state index is 0.0544. The number of pyridine rings is 1. The van der Waals surface area contributed by atoms with E-state index in [1.165, 1.54) is 14.9 Å². The molecule has 0 saturated carbocycles. The highest BCUT2D eigenvalue weighted by molar-refractivity contribution is 7.88.